The third-order valence-electron chi connectivity index (χ3n) is 5.71. The van der Waals surface area contributed by atoms with Gasteiger partial charge in [0, 0.05) is 17.5 Å². The number of aryl methyl sites for hydroxylation is 1. The summed E-state index contributed by atoms with van der Waals surface area (Å²) in [5, 5.41) is 3.14. The molecule has 2 aliphatic rings. The molecular formula is C19H30N4O2. The minimum absolute atomic E-state index is 0.127. The van der Waals surface area contributed by atoms with Crippen LogP contribution in [0, 0.1) is 18.8 Å². The number of amides is 1. The molecule has 2 aliphatic carbocycles. The highest BCUT2D eigenvalue weighted by atomic mass is 16.2. The number of aromatic nitrogens is 2. The van der Waals surface area contributed by atoms with Crippen LogP contribution in [0.25, 0.3) is 0 Å². The Hall–Kier alpha value is -1.69. The molecule has 0 aromatic carbocycles. The van der Waals surface area contributed by atoms with Gasteiger partial charge in [0.05, 0.1) is 5.69 Å². The van der Waals surface area contributed by atoms with Gasteiger partial charge in [-0.05, 0) is 44.4 Å². The van der Waals surface area contributed by atoms with Gasteiger partial charge in [0.1, 0.15) is 11.4 Å². The van der Waals surface area contributed by atoms with Crippen molar-refractivity contribution in [3.8, 4) is 0 Å². The molecule has 3 rings (SSSR count). The van der Waals surface area contributed by atoms with Gasteiger partial charge >= 0.3 is 0 Å². The largest absolute Gasteiger partial charge is 0.349 e. The van der Waals surface area contributed by atoms with E-state index in [0.717, 1.165) is 25.7 Å². The van der Waals surface area contributed by atoms with Gasteiger partial charge in [0.15, 0.2) is 0 Å². The van der Waals surface area contributed by atoms with Gasteiger partial charge in [-0.1, -0.05) is 27.2 Å². The Morgan fingerprint density at radius 2 is 1.84 bits per heavy atom. The Morgan fingerprint density at radius 3 is 2.36 bits per heavy atom. The molecule has 2 atom stereocenters. The van der Waals surface area contributed by atoms with Crippen LogP contribution in [0.15, 0.2) is 4.79 Å². The Morgan fingerprint density at radius 1 is 1.24 bits per heavy atom. The van der Waals surface area contributed by atoms with Crippen LogP contribution in [0.5, 0.6) is 0 Å². The molecule has 4 N–H and O–H groups in total. The fourth-order valence-electron chi connectivity index (χ4n) is 4.46. The maximum atomic E-state index is 12.8. The van der Waals surface area contributed by atoms with Gasteiger partial charge in [0.2, 0.25) is 0 Å². The lowest BCUT2D eigenvalue weighted by molar-refractivity contribution is 0.0753. The number of hydrogen-bond donors (Lipinski definition) is 3. The van der Waals surface area contributed by atoms with Crippen molar-refractivity contribution in [2.24, 2.45) is 17.6 Å². The van der Waals surface area contributed by atoms with E-state index >= 15 is 0 Å². The van der Waals surface area contributed by atoms with Crippen molar-refractivity contribution in [1.29, 1.82) is 0 Å². The molecule has 25 heavy (non-hydrogen) atoms. The number of nitrogens with two attached hydrogens (primary N) is 1. The first-order valence-electron chi connectivity index (χ1n) is 9.34. The molecule has 2 unspecified atom stereocenters. The van der Waals surface area contributed by atoms with Crippen molar-refractivity contribution in [2.75, 3.05) is 0 Å². The van der Waals surface area contributed by atoms with E-state index in [1.165, 1.54) is 6.42 Å². The van der Waals surface area contributed by atoms with E-state index in [2.05, 4.69) is 15.3 Å². The molecule has 6 nitrogen and oxygen atoms in total. The second kappa shape index (κ2) is 6.56. The zero-order valence-electron chi connectivity index (χ0n) is 15.7. The van der Waals surface area contributed by atoms with Crippen LogP contribution in [0.1, 0.15) is 74.8 Å². The SMILES string of the molecule is Cc1nc(C(C)(C)C)[nH]c(=O)c1C(=O)NC1C2CCCC1CC(N)C2. The summed E-state index contributed by atoms with van der Waals surface area (Å²) in [6, 6.07) is 0.364. The molecule has 1 amide bonds. The van der Waals surface area contributed by atoms with Crippen LogP contribution in [0.2, 0.25) is 0 Å². The van der Waals surface area contributed by atoms with Crippen molar-refractivity contribution in [3.63, 3.8) is 0 Å². The van der Waals surface area contributed by atoms with E-state index in [9.17, 15) is 9.59 Å². The first-order valence-corrected chi connectivity index (χ1v) is 9.34. The lowest BCUT2D eigenvalue weighted by Crippen LogP contribution is -2.54. The van der Waals surface area contributed by atoms with Crippen molar-refractivity contribution in [2.45, 2.75) is 77.3 Å². The maximum absolute atomic E-state index is 12.8. The van der Waals surface area contributed by atoms with Crippen LogP contribution >= 0.6 is 0 Å². The predicted molar refractivity (Wildman–Crippen MR) is 97.6 cm³/mol. The first kappa shape index (κ1) is 18.1. The molecule has 2 saturated carbocycles. The highest BCUT2D eigenvalue weighted by Gasteiger charge is 2.40. The molecule has 138 valence electrons. The number of fused-ring (bicyclic) bond motifs is 2. The number of H-pyrrole nitrogens is 1. The molecular weight excluding hydrogens is 316 g/mol. The van der Waals surface area contributed by atoms with Crippen molar-refractivity contribution in [3.05, 3.63) is 27.4 Å². The van der Waals surface area contributed by atoms with Crippen molar-refractivity contribution in [1.82, 2.24) is 15.3 Å². The van der Waals surface area contributed by atoms with Gasteiger partial charge in [-0.2, -0.15) is 0 Å². The monoisotopic (exact) mass is 346 g/mol. The van der Waals surface area contributed by atoms with E-state index in [1.54, 1.807) is 6.92 Å². The zero-order valence-corrected chi connectivity index (χ0v) is 15.7. The van der Waals surface area contributed by atoms with Crippen molar-refractivity contribution < 1.29 is 4.79 Å². The maximum Gasteiger partial charge on any atom is 0.264 e. The van der Waals surface area contributed by atoms with Crippen LogP contribution in [-0.2, 0) is 5.41 Å². The fourth-order valence-corrected chi connectivity index (χ4v) is 4.46. The molecule has 0 saturated heterocycles. The highest BCUT2D eigenvalue weighted by Crippen LogP contribution is 2.39. The summed E-state index contributed by atoms with van der Waals surface area (Å²) in [5.41, 5.74) is 6.16. The summed E-state index contributed by atoms with van der Waals surface area (Å²) in [6.45, 7) is 7.68. The number of carbonyl (C=O) groups excluding carboxylic acids is 1. The lowest BCUT2D eigenvalue weighted by atomic mass is 9.67. The lowest BCUT2D eigenvalue weighted by Gasteiger charge is -2.45. The second-order valence-electron chi connectivity index (χ2n) is 8.81. The third kappa shape index (κ3) is 3.64. The quantitative estimate of drug-likeness (QED) is 0.762. The predicted octanol–water partition coefficient (Wildman–Crippen LogP) is 2.01. The van der Waals surface area contributed by atoms with Crippen LogP contribution in [0.4, 0.5) is 0 Å². The molecule has 2 fully saturated rings. The number of nitrogens with one attached hydrogen (secondary N) is 2. The summed E-state index contributed by atoms with van der Waals surface area (Å²) in [5.74, 6) is 1.15. The molecule has 1 heterocycles. The second-order valence-corrected chi connectivity index (χ2v) is 8.81. The fraction of sp³-hybridized carbons (Fsp3) is 0.737. The molecule has 0 aliphatic heterocycles. The topological polar surface area (TPSA) is 101 Å². The van der Waals surface area contributed by atoms with E-state index in [4.69, 9.17) is 5.73 Å². The summed E-state index contributed by atoms with van der Waals surface area (Å²) in [7, 11) is 0. The Labute approximate surface area is 149 Å². The van der Waals surface area contributed by atoms with Crippen LogP contribution < -0.4 is 16.6 Å². The summed E-state index contributed by atoms with van der Waals surface area (Å²) < 4.78 is 0. The average molecular weight is 346 g/mol. The molecule has 0 spiro atoms. The Kier molecular flexibility index (Phi) is 4.75. The number of rotatable bonds is 2. The number of carbonyl (C=O) groups is 1. The van der Waals surface area contributed by atoms with Crippen LogP contribution in [0.3, 0.4) is 0 Å². The molecule has 6 heteroatoms. The van der Waals surface area contributed by atoms with E-state index in [0.29, 0.717) is 23.4 Å². The normalized spacial score (nSPS) is 29.3. The average Bonchev–Trinajstić information content (AvgIpc) is 2.46. The Bertz CT molecular complexity index is 705. The zero-order chi connectivity index (χ0) is 18.4. The van der Waals surface area contributed by atoms with Gasteiger partial charge in [-0.3, -0.25) is 9.59 Å². The molecule has 2 bridgehead atoms. The summed E-state index contributed by atoms with van der Waals surface area (Å²) >= 11 is 0. The van der Waals surface area contributed by atoms with Gasteiger partial charge in [-0.25, -0.2) is 4.98 Å². The smallest absolute Gasteiger partial charge is 0.264 e. The highest BCUT2D eigenvalue weighted by molar-refractivity contribution is 5.95. The van der Waals surface area contributed by atoms with Gasteiger partial charge in [-0.15, -0.1) is 0 Å². The third-order valence-corrected chi connectivity index (χ3v) is 5.71. The Balaban J connectivity index is 1.83. The van der Waals surface area contributed by atoms with Crippen LogP contribution in [-0.4, -0.2) is 28.0 Å². The minimum atomic E-state index is -0.354. The first-order chi connectivity index (χ1) is 11.7. The number of aromatic amines is 1. The summed E-state index contributed by atoms with van der Waals surface area (Å²) in [4.78, 5) is 32.6. The van der Waals surface area contributed by atoms with Gasteiger partial charge < -0.3 is 16.0 Å². The standard InChI is InChI=1S/C19H30N4O2/c1-10-14(17(25)23-18(21-10)19(2,3)4)16(24)22-15-11-6-5-7-12(15)9-13(20)8-11/h11-13,15H,5-9,20H2,1-4H3,(H,22,24)(H,21,23,25). The number of hydrogen-bond acceptors (Lipinski definition) is 4. The summed E-state index contributed by atoms with van der Waals surface area (Å²) in [6.07, 6.45) is 5.32. The minimum Gasteiger partial charge on any atom is -0.349 e. The van der Waals surface area contributed by atoms with E-state index < -0.39 is 0 Å². The molecule has 1 aromatic rings. The number of nitrogens with zero attached hydrogens (tertiary/aromatic N) is 1. The van der Waals surface area contributed by atoms with Gasteiger partial charge in [0.25, 0.3) is 11.5 Å². The van der Waals surface area contributed by atoms with Crippen molar-refractivity contribution >= 4 is 5.91 Å². The van der Waals surface area contributed by atoms with E-state index in [-0.39, 0.29) is 34.5 Å². The van der Waals surface area contributed by atoms with E-state index in [1.807, 2.05) is 20.8 Å². The molecule has 1 aromatic heterocycles. The molecule has 0 radical (unpaired) electrons.